The number of benzene rings is 2. The molecule has 2 N–H and O–H groups in total. The molecule has 0 aromatic heterocycles. The lowest BCUT2D eigenvalue weighted by atomic mass is 9.94. The maximum atomic E-state index is 12.8. The number of nitrogens with one attached hydrogen (secondary N) is 1. The Morgan fingerprint density at radius 2 is 1.72 bits per heavy atom. The smallest absolute Gasteiger partial charge is 0.407 e. The predicted octanol–water partition coefficient (Wildman–Crippen LogP) is 3.63. The van der Waals surface area contributed by atoms with Crippen LogP contribution in [-0.2, 0) is 14.3 Å². The van der Waals surface area contributed by atoms with Crippen molar-refractivity contribution in [3.05, 3.63) is 59.7 Å². The van der Waals surface area contributed by atoms with Crippen molar-refractivity contribution in [3.8, 4) is 11.1 Å². The fourth-order valence-corrected chi connectivity index (χ4v) is 4.83. The molecule has 1 heterocycles. The number of amides is 2. The van der Waals surface area contributed by atoms with Gasteiger partial charge < -0.3 is 20.1 Å². The maximum absolute atomic E-state index is 12.8. The summed E-state index contributed by atoms with van der Waals surface area (Å²) in [6.45, 7) is 2.79. The van der Waals surface area contributed by atoms with E-state index in [1.807, 2.05) is 24.3 Å². The van der Waals surface area contributed by atoms with E-state index in [4.69, 9.17) is 9.84 Å². The normalized spacial score (nSPS) is 18.4. The van der Waals surface area contributed by atoms with Gasteiger partial charge in [0.25, 0.3) is 0 Å². The Bertz CT molecular complexity index is 975. The zero-order valence-electron chi connectivity index (χ0n) is 18.1. The summed E-state index contributed by atoms with van der Waals surface area (Å²) in [5, 5.41) is 11.6. The molecule has 1 aliphatic heterocycles. The lowest BCUT2D eigenvalue weighted by molar-refractivity contribution is -0.141. The number of hydrogen-bond acceptors (Lipinski definition) is 4. The molecule has 32 heavy (non-hydrogen) atoms. The SMILES string of the molecule is C[C@H](NC(=O)OCC1c2ccccc2-c2ccccc21)C(=O)N1CCCC(CC(=O)O)C1. The molecular weight excluding hydrogens is 408 g/mol. The number of rotatable bonds is 6. The summed E-state index contributed by atoms with van der Waals surface area (Å²) in [6, 6.07) is 15.5. The minimum atomic E-state index is -0.853. The third kappa shape index (κ3) is 4.61. The Kier molecular flexibility index (Phi) is 6.44. The van der Waals surface area contributed by atoms with Gasteiger partial charge in [-0.15, -0.1) is 0 Å². The van der Waals surface area contributed by atoms with E-state index < -0.39 is 18.1 Å². The third-order valence-corrected chi connectivity index (χ3v) is 6.34. The molecule has 2 aromatic carbocycles. The van der Waals surface area contributed by atoms with Crippen molar-refractivity contribution < 1.29 is 24.2 Å². The summed E-state index contributed by atoms with van der Waals surface area (Å²) in [7, 11) is 0. The molecule has 1 unspecified atom stereocenters. The van der Waals surface area contributed by atoms with Crippen LogP contribution in [0, 0.1) is 5.92 Å². The van der Waals surface area contributed by atoms with Crippen molar-refractivity contribution >= 4 is 18.0 Å². The highest BCUT2D eigenvalue weighted by atomic mass is 16.5. The van der Waals surface area contributed by atoms with E-state index >= 15 is 0 Å². The van der Waals surface area contributed by atoms with Crippen molar-refractivity contribution in [2.75, 3.05) is 19.7 Å². The maximum Gasteiger partial charge on any atom is 0.407 e. The van der Waals surface area contributed by atoms with Crippen LogP contribution in [0.4, 0.5) is 4.79 Å². The number of carbonyl (C=O) groups excluding carboxylic acids is 2. The first kappa shape index (κ1) is 21.9. The fraction of sp³-hybridized carbons (Fsp3) is 0.400. The molecule has 1 saturated heterocycles. The van der Waals surface area contributed by atoms with Gasteiger partial charge in [-0.05, 0) is 47.9 Å². The summed E-state index contributed by atoms with van der Waals surface area (Å²) in [5.41, 5.74) is 4.56. The average molecular weight is 437 g/mol. The van der Waals surface area contributed by atoms with Crippen molar-refractivity contribution in [1.29, 1.82) is 0 Å². The summed E-state index contributed by atoms with van der Waals surface area (Å²) in [6.07, 6.45) is 0.982. The van der Waals surface area contributed by atoms with Crippen LogP contribution < -0.4 is 5.32 Å². The van der Waals surface area contributed by atoms with Gasteiger partial charge in [-0.3, -0.25) is 9.59 Å². The molecular formula is C25H28N2O5. The lowest BCUT2D eigenvalue weighted by Crippen LogP contribution is -2.50. The highest BCUT2D eigenvalue weighted by Crippen LogP contribution is 2.44. The Labute approximate surface area is 187 Å². The largest absolute Gasteiger partial charge is 0.481 e. The number of nitrogens with zero attached hydrogens (tertiary/aromatic N) is 1. The van der Waals surface area contributed by atoms with Gasteiger partial charge in [-0.1, -0.05) is 48.5 Å². The Balaban J connectivity index is 1.33. The first-order valence-electron chi connectivity index (χ1n) is 11.1. The second kappa shape index (κ2) is 9.42. The highest BCUT2D eigenvalue weighted by Gasteiger charge is 2.31. The van der Waals surface area contributed by atoms with Crippen LogP contribution in [0.3, 0.4) is 0 Å². The van der Waals surface area contributed by atoms with Crippen LogP contribution in [0.5, 0.6) is 0 Å². The van der Waals surface area contributed by atoms with Crippen molar-refractivity contribution in [2.24, 2.45) is 5.92 Å². The molecule has 0 radical (unpaired) electrons. The van der Waals surface area contributed by atoms with Gasteiger partial charge in [0, 0.05) is 25.4 Å². The Hall–Kier alpha value is -3.35. The Morgan fingerprint density at radius 1 is 1.09 bits per heavy atom. The minimum absolute atomic E-state index is 0.0435. The highest BCUT2D eigenvalue weighted by molar-refractivity contribution is 5.85. The number of carboxylic acid groups (broad SMARTS) is 1. The van der Waals surface area contributed by atoms with Gasteiger partial charge in [0.15, 0.2) is 0 Å². The number of hydrogen-bond donors (Lipinski definition) is 2. The van der Waals surface area contributed by atoms with Gasteiger partial charge >= 0.3 is 12.1 Å². The minimum Gasteiger partial charge on any atom is -0.481 e. The number of likely N-dealkylation sites (tertiary alicyclic amines) is 1. The van der Waals surface area contributed by atoms with Gasteiger partial charge in [-0.2, -0.15) is 0 Å². The standard InChI is InChI=1S/C25H28N2O5/c1-16(24(30)27-12-6-7-17(14-27)13-23(28)29)26-25(31)32-15-22-20-10-4-2-8-18(20)19-9-3-5-11-21(19)22/h2-5,8-11,16-17,22H,6-7,12-15H2,1H3,(H,26,31)(H,28,29)/t16-,17?/m0/s1. The van der Waals surface area contributed by atoms with E-state index in [0.29, 0.717) is 13.1 Å². The second-order valence-corrected chi connectivity index (χ2v) is 8.58. The van der Waals surface area contributed by atoms with Crippen LogP contribution in [0.25, 0.3) is 11.1 Å². The average Bonchev–Trinajstić information content (AvgIpc) is 3.10. The fourth-order valence-electron chi connectivity index (χ4n) is 4.83. The predicted molar refractivity (Wildman–Crippen MR) is 119 cm³/mol. The molecule has 2 amide bonds. The number of alkyl carbamates (subject to hydrolysis) is 1. The topological polar surface area (TPSA) is 95.9 Å². The molecule has 7 nitrogen and oxygen atoms in total. The zero-order valence-corrected chi connectivity index (χ0v) is 18.1. The van der Waals surface area contributed by atoms with Crippen LogP contribution in [0.2, 0.25) is 0 Å². The number of carboxylic acids is 1. The van der Waals surface area contributed by atoms with Crippen LogP contribution in [0.1, 0.15) is 43.2 Å². The molecule has 7 heteroatoms. The molecule has 0 saturated carbocycles. The first-order chi connectivity index (χ1) is 15.4. The van der Waals surface area contributed by atoms with E-state index in [9.17, 15) is 14.4 Å². The summed E-state index contributed by atoms with van der Waals surface area (Å²) < 4.78 is 5.52. The van der Waals surface area contributed by atoms with E-state index in [1.165, 1.54) is 0 Å². The molecule has 1 fully saturated rings. The molecule has 168 valence electrons. The molecule has 4 rings (SSSR count). The quantitative estimate of drug-likeness (QED) is 0.721. The lowest BCUT2D eigenvalue weighted by Gasteiger charge is -2.33. The van der Waals surface area contributed by atoms with Crippen molar-refractivity contribution in [2.45, 2.75) is 38.1 Å². The van der Waals surface area contributed by atoms with Gasteiger partial charge in [0.1, 0.15) is 12.6 Å². The molecule has 0 spiro atoms. The summed E-state index contributed by atoms with van der Waals surface area (Å²) in [4.78, 5) is 37.8. The van der Waals surface area contributed by atoms with Crippen LogP contribution >= 0.6 is 0 Å². The van der Waals surface area contributed by atoms with Crippen molar-refractivity contribution in [3.63, 3.8) is 0 Å². The number of ether oxygens (including phenoxy) is 1. The van der Waals surface area contributed by atoms with Gasteiger partial charge in [0.05, 0.1) is 0 Å². The zero-order chi connectivity index (χ0) is 22.7. The number of fused-ring (bicyclic) bond motifs is 3. The van der Waals surface area contributed by atoms with E-state index in [1.54, 1.807) is 11.8 Å². The van der Waals surface area contributed by atoms with Crippen LogP contribution in [0.15, 0.2) is 48.5 Å². The van der Waals surface area contributed by atoms with Gasteiger partial charge in [0.2, 0.25) is 5.91 Å². The Morgan fingerprint density at radius 3 is 2.34 bits per heavy atom. The first-order valence-corrected chi connectivity index (χ1v) is 11.1. The molecule has 2 aromatic rings. The monoisotopic (exact) mass is 436 g/mol. The second-order valence-electron chi connectivity index (χ2n) is 8.58. The van der Waals surface area contributed by atoms with Crippen LogP contribution in [-0.4, -0.2) is 53.7 Å². The van der Waals surface area contributed by atoms with E-state index in [2.05, 4.69) is 29.6 Å². The number of piperidine rings is 1. The van der Waals surface area contributed by atoms with Gasteiger partial charge in [-0.25, -0.2) is 4.79 Å². The van der Waals surface area contributed by atoms with E-state index in [-0.39, 0.29) is 30.8 Å². The summed E-state index contributed by atoms with van der Waals surface area (Å²) >= 11 is 0. The van der Waals surface area contributed by atoms with Crippen molar-refractivity contribution in [1.82, 2.24) is 10.2 Å². The number of carbonyl (C=O) groups is 3. The molecule has 1 aliphatic carbocycles. The number of aliphatic carboxylic acids is 1. The summed E-state index contributed by atoms with van der Waals surface area (Å²) in [5.74, 6) is -1.16. The molecule has 2 aliphatic rings. The molecule has 0 bridgehead atoms. The molecule has 2 atom stereocenters. The van der Waals surface area contributed by atoms with E-state index in [0.717, 1.165) is 35.1 Å². The third-order valence-electron chi connectivity index (χ3n) is 6.34.